The molecular formula is C22H26N2O4. The first-order valence-electron chi connectivity index (χ1n) is 9.29. The van der Waals surface area contributed by atoms with Crippen molar-refractivity contribution in [2.45, 2.75) is 27.2 Å². The number of carbonyl (C=O) groups is 3. The number of benzene rings is 2. The van der Waals surface area contributed by atoms with E-state index >= 15 is 0 Å². The van der Waals surface area contributed by atoms with Crippen molar-refractivity contribution in [2.24, 2.45) is 0 Å². The predicted molar refractivity (Wildman–Crippen MR) is 108 cm³/mol. The first kappa shape index (κ1) is 21.2. The maximum Gasteiger partial charge on any atom is 0.340 e. The molecule has 0 bridgehead atoms. The van der Waals surface area contributed by atoms with Gasteiger partial charge in [-0.2, -0.15) is 0 Å². The van der Waals surface area contributed by atoms with Gasteiger partial charge in [-0.05, 0) is 31.5 Å². The minimum atomic E-state index is -0.479. The number of carbonyl (C=O) groups excluding carboxylic acids is 3. The smallest absolute Gasteiger partial charge is 0.340 e. The van der Waals surface area contributed by atoms with E-state index in [4.69, 9.17) is 4.74 Å². The Labute approximate surface area is 165 Å². The van der Waals surface area contributed by atoms with Crippen LogP contribution in [0.4, 0.5) is 5.69 Å². The molecule has 148 valence electrons. The van der Waals surface area contributed by atoms with Gasteiger partial charge < -0.3 is 15.0 Å². The summed E-state index contributed by atoms with van der Waals surface area (Å²) in [5.41, 5.74) is 2.84. The largest absolute Gasteiger partial charge is 0.462 e. The fraction of sp³-hybridized carbons (Fsp3) is 0.318. The van der Waals surface area contributed by atoms with E-state index in [9.17, 15) is 14.4 Å². The molecule has 2 aromatic carbocycles. The van der Waals surface area contributed by atoms with Gasteiger partial charge in [-0.15, -0.1) is 0 Å². The van der Waals surface area contributed by atoms with Crippen molar-refractivity contribution in [2.75, 3.05) is 24.6 Å². The van der Waals surface area contributed by atoms with Crippen LogP contribution in [0.1, 0.15) is 35.3 Å². The van der Waals surface area contributed by atoms with Crippen molar-refractivity contribution in [1.29, 1.82) is 0 Å². The molecule has 0 atom stereocenters. The van der Waals surface area contributed by atoms with Crippen LogP contribution in [-0.4, -0.2) is 37.5 Å². The van der Waals surface area contributed by atoms with Crippen LogP contribution in [0.3, 0.4) is 0 Å². The molecule has 0 fully saturated rings. The Bertz CT molecular complexity index is 848. The normalized spacial score (nSPS) is 10.2. The molecule has 6 heteroatoms. The lowest BCUT2D eigenvalue weighted by Crippen LogP contribution is -2.38. The van der Waals surface area contributed by atoms with E-state index in [-0.39, 0.29) is 37.9 Å². The van der Waals surface area contributed by atoms with Gasteiger partial charge in [-0.1, -0.05) is 42.0 Å². The highest BCUT2D eigenvalue weighted by atomic mass is 16.5. The van der Waals surface area contributed by atoms with Crippen molar-refractivity contribution < 1.29 is 19.1 Å². The minimum Gasteiger partial charge on any atom is -0.462 e. The molecule has 0 spiro atoms. The van der Waals surface area contributed by atoms with Crippen molar-refractivity contribution in [3.05, 3.63) is 65.2 Å². The predicted octanol–water partition coefficient (Wildman–Crippen LogP) is 2.88. The van der Waals surface area contributed by atoms with Crippen LogP contribution in [0.15, 0.2) is 48.5 Å². The van der Waals surface area contributed by atoms with Gasteiger partial charge >= 0.3 is 5.97 Å². The Morgan fingerprint density at radius 2 is 1.82 bits per heavy atom. The molecule has 1 N–H and O–H groups in total. The van der Waals surface area contributed by atoms with Crippen LogP contribution in [0.2, 0.25) is 0 Å². The third-order valence-corrected chi connectivity index (χ3v) is 4.18. The highest BCUT2D eigenvalue weighted by molar-refractivity contribution is 6.02. The van der Waals surface area contributed by atoms with Crippen LogP contribution in [0.5, 0.6) is 0 Å². The molecule has 0 unspecified atom stereocenters. The fourth-order valence-electron chi connectivity index (χ4n) is 2.92. The Morgan fingerprint density at radius 1 is 1.07 bits per heavy atom. The number of aryl methyl sites for hydroxylation is 1. The molecule has 0 aliphatic rings. The molecule has 0 aliphatic heterocycles. The number of nitrogens with one attached hydrogen (secondary N) is 1. The van der Waals surface area contributed by atoms with Gasteiger partial charge in [0.2, 0.25) is 11.8 Å². The number of rotatable bonds is 8. The minimum absolute atomic E-state index is 0.118. The van der Waals surface area contributed by atoms with Gasteiger partial charge in [-0.25, -0.2) is 4.79 Å². The Hall–Kier alpha value is -3.15. The topological polar surface area (TPSA) is 75.7 Å². The van der Waals surface area contributed by atoms with E-state index < -0.39 is 5.97 Å². The van der Waals surface area contributed by atoms with E-state index in [1.807, 2.05) is 31.2 Å². The lowest BCUT2D eigenvalue weighted by molar-refractivity contribution is -0.121. The van der Waals surface area contributed by atoms with Gasteiger partial charge in [0.25, 0.3) is 0 Å². The average molecular weight is 382 g/mol. The lowest BCUT2D eigenvalue weighted by atomic mass is 10.1. The highest BCUT2D eigenvalue weighted by Crippen LogP contribution is 2.21. The third kappa shape index (κ3) is 5.94. The van der Waals surface area contributed by atoms with E-state index in [2.05, 4.69) is 5.32 Å². The lowest BCUT2D eigenvalue weighted by Gasteiger charge is -2.23. The maximum atomic E-state index is 12.2. The number of esters is 1. The van der Waals surface area contributed by atoms with E-state index in [0.717, 1.165) is 11.1 Å². The summed E-state index contributed by atoms with van der Waals surface area (Å²) in [7, 11) is 0. The van der Waals surface area contributed by atoms with Crippen molar-refractivity contribution in [1.82, 2.24) is 5.32 Å². The third-order valence-electron chi connectivity index (χ3n) is 4.18. The maximum absolute atomic E-state index is 12.2. The van der Waals surface area contributed by atoms with Crippen molar-refractivity contribution >= 4 is 23.5 Å². The molecule has 6 nitrogen and oxygen atoms in total. The van der Waals surface area contributed by atoms with Crippen molar-refractivity contribution in [3.63, 3.8) is 0 Å². The number of hydrogen-bond donors (Lipinski definition) is 1. The summed E-state index contributed by atoms with van der Waals surface area (Å²) in [5, 5.41) is 2.83. The molecule has 2 amide bonds. The van der Waals surface area contributed by atoms with E-state index in [0.29, 0.717) is 11.3 Å². The molecule has 2 aromatic rings. The molecule has 2 rings (SSSR count). The summed E-state index contributed by atoms with van der Waals surface area (Å²) in [6, 6.07) is 14.6. The van der Waals surface area contributed by atoms with Crippen LogP contribution >= 0.6 is 0 Å². The van der Waals surface area contributed by atoms with Crippen molar-refractivity contribution in [3.8, 4) is 0 Å². The van der Waals surface area contributed by atoms with Gasteiger partial charge in [0.1, 0.15) is 0 Å². The SMILES string of the molecule is CCOC(=O)c1ccccc1N(CCNC(=O)Cc1cccc(C)c1)C(C)=O. The van der Waals surface area contributed by atoms with Gasteiger partial charge in [0.15, 0.2) is 0 Å². The molecule has 0 aliphatic carbocycles. The fourth-order valence-corrected chi connectivity index (χ4v) is 2.92. The monoisotopic (exact) mass is 382 g/mol. The number of amides is 2. The molecule has 0 radical (unpaired) electrons. The number of ether oxygens (including phenoxy) is 1. The molecule has 28 heavy (non-hydrogen) atoms. The summed E-state index contributed by atoms with van der Waals surface area (Å²) in [6.07, 6.45) is 0.279. The first-order chi connectivity index (χ1) is 13.4. The molecule has 0 saturated heterocycles. The highest BCUT2D eigenvalue weighted by Gasteiger charge is 2.20. The van der Waals surface area contributed by atoms with E-state index in [1.54, 1.807) is 31.2 Å². The second kappa shape index (κ2) is 10.3. The van der Waals surface area contributed by atoms with Gasteiger partial charge in [0, 0.05) is 20.0 Å². The summed E-state index contributed by atoms with van der Waals surface area (Å²) >= 11 is 0. The first-order valence-corrected chi connectivity index (χ1v) is 9.29. The standard InChI is InChI=1S/C22H26N2O4/c1-4-28-22(27)19-10-5-6-11-20(19)24(17(3)25)13-12-23-21(26)15-18-9-7-8-16(2)14-18/h5-11,14H,4,12-13,15H2,1-3H3,(H,23,26). The second-order valence-electron chi connectivity index (χ2n) is 6.42. The van der Waals surface area contributed by atoms with Gasteiger partial charge in [-0.3, -0.25) is 9.59 Å². The Balaban J connectivity index is 2.01. The quantitative estimate of drug-likeness (QED) is 0.713. The molecule has 0 saturated carbocycles. The summed E-state index contributed by atoms with van der Waals surface area (Å²) < 4.78 is 5.07. The number of anilines is 1. The van der Waals surface area contributed by atoms with Crippen LogP contribution < -0.4 is 10.2 Å². The second-order valence-corrected chi connectivity index (χ2v) is 6.42. The van der Waals surface area contributed by atoms with Crippen LogP contribution in [-0.2, 0) is 20.7 Å². The molecule has 0 heterocycles. The zero-order chi connectivity index (χ0) is 20.5. The zero-order valence-electron chi connectivity index (χ0n) is 16.5. The van der Waals surface area contributed by atoms with Gasteiger partial charge in [0.05, 0.1) is 24.3 Å². The van der Waals surface area contributed by atoms with Crippen LogP contribution in [0.25, 0.3) is 0 Å². The number of nitrogens with zero attached hydrogens (tertiary/aromatic N) is 1. The molecular weight excluding hydrogens is 356 g/mol. The number of hydrogen-bond acceptors (Lipinski definition) is 4. The Kier molecular flexibility index (Phi) is 7.75. The average Bonchev–Trinajstić information content (AvgIpc) is 2.65. The van der Waals surface area contributed by atoms with E-state index in [1.165, 1.54) is 11.8 Å². The summed E-state index contributed by atoms with van der Waals surface area (Å²) in [6.45, 7) is 5.92. The summed E-state index contributed by atoms with van der Waals surface area (Å²) in [4.78, 5) is 38.0. The number of para-hydroxylation sites is 1. The summed E-state index contributed by atoms with van der Waals surface area (Å²) in [5.74, 6) is -0.815. The molecule has 0 aromatic heterocycles. The van der Waals surface area contributed by atoms with Crippen LogP contribution in [0, 0.1) is 6.92 Å². The Morgan fingerprint density at radius 3 is 2.50 bits per heavy atom. The zero-order valence-corrected chi connectivity index (χ0v) is 16.5.